The van der Waals surface area contributed by atoms with E-state index in [-0.39, 0.29) is 6.61 Å². The van der Waals surface area contributed by atoms with E-state index in [2.05, 4.69) is 0 Å². The van der Waals surface area contributed by atoms with Gasteiger partial charge < -0.3 is 14.9 Å². The van der Waals surface area contributed by atoms with Crippen LogP contribution in [0.1, 0.15) is 17.2 Å². The fourth-order valence-corrected chi connectivity index (χ4v) is 2.51. The molecular formula is C16H16O3. The molecule has 0 fully saturated rings. The Labute approximate surface area is 112 Å². The minimum Gasteiger partial charge on any atom is -0.490 e. The Morgan fingerprint density at radius 2 is 1.74 bits per heavy atom. The van der Waals surface area contributed by atoms with Gasteiger partial charge in [-0.3, -0.25) is 0 Å². The number of para-hydroxylation sites is 1. The Bertz CT molecular complexity index is 567. The van der Waals surface area contributed by atoms with Gasteiger partial charge in [0.15, 0.2) is 0 Å². The minimum atomic E-state index is -1.28. The smallest absolute Gasteiger partial charge is 0.133 e. The van der Waals surface area contributed by atoms with E-state index in [1.54, 1.807) is 12.1 Å². The Morgan fingerprint density at radius 1 is 1.05 bits per heavy atom. The fraction of sp³-hybridized carbons (Fsp3) is 0.250. The van der Waals surface area contributed by atoms with Gasteiger partial charge in [0, 0.05) is 12.0 Å². The molecule has 0 aromatic heterocycles. The van der Waals surface area contributed by atoms with Crippen LogP contribution in [0.5, 0.6) is 5.75 Å². The van der Waals surface area contributed by atoms with Crippen LogP contribution in [0.3, 0.4) is 0 Å². The average molecular weight is 256 g/mol. The lowest BCUT2D eigenvalue weighted by Crippen LogP contribution is -2.47. The Hall–Kier alpha value is -1.84. The molecule has 0 saturated carbocycles. The second kappa shape index (κ2) is 4.68. The van der Waals surface area contributed by atoms with E-state index in [0.717, 1.165) is 5.56 Å². The third-order valence-electron chi connectivity index (χ3n) is 3.55. The molecule has 0 radical (unpaired) electrons. The lowest BCUT2D eigenvalue weighted by atomic mass is 9.84. The third kappa shape index (κ3) is 2.23. The summed E-state index contributed by atoms with van der Waals surface area (Å²) in [6.07, 6.45) is -0.568. The summed E-state index contributed by atoms with van der Waals surface area (Å²) < 4.78 is 5.57. The van der Waals surface area contributed by atoms with Crippen molar-refractivity contribution in [2.24, 2.45) is 0 Å². The van der Waals surface area contributed by atoms with Gasteiger partial charge >= 0.3 is 0 Å². The van der Waals surface area contributed by atoms with Gasteiger partial charge in [0.2, 0.25) is 0 Å². The predicted octanol–water partition coefficient (Wildman–Crippen LogP) is 2.09. The molecule has 2 aromatic rings. The number of benzene rings is 2. The van der Waals surface area contributed by atoms with E-state index in [9.17, 15) is 10.2 Å². The molecular weight excluding hydrogens is 240 g/mol. The SMILES string of the molecule is OC1c2ccccc2OCC1(O)Cc1ccccc1. The van der Waals surface area contributed by atoms with Crippen LogP contribution in [-0.2, 0) is 6.42 Å². The summed E-state index contributed by atoms with van der Waals surface area (Å²) in [5, 5.41) is 21.1. The van der Waals surface area contributed by atoms with Gasteiger partial charge in [0.1, 0.15) is 24.1 Å². The van der Waals surface area contributed by atoms with Crippen LogP contribution in [0.2, 0.25) is 0 Å². The number of hydrogen-bond acceptors (Lipinski definition) is 3. The van der Waals surface area contributed by atoms with Crippen molar-refractivity contribution in [2.45, 2.75) is 18.1 Å². The van der Waals surface area contributed by atoms with Crippen molar-refractivity contribution in [1.82, 2.24) is 0 Å². The van der Waals surface area contributed by atoms with E-state index in [1.165, 1.54) is 0 Å². The van der Waals surface area contributed by atoms with Gasteiger partial charge in [0.05, 0.1) is 0 Å². The maximum Gasteiger partial charge on any atom is 0.133 e. The van der Waals surface area contributed by atoms with Crippen LogP contribution in [-0.4, -0.2) is 22.4 Å². The minimum absolute atomic E-state index is 0.0973. The van der Waals surface area contributed by atoms with Gasteiger partial charge in [-0.2, -0.15) is 0 Å². The zero-order valence-electron chi connectivity index (χ0n) is 10.5. The number of rotatable bonds is 2. The zero-order valence-corrected chi connectivity index (χ0v) is 10.5. The van der Waals surface area contributed by atoms with Gasteiger partial charge in [0.25, 0.3) is 0 Å². The molecule has 0 aliphatic carbocycles. The number of aliphatic hydroxyl groups is 2. The first kappa shape index (κ1) is 12.2. The molecule has 19 heavy (non-hydrogen) atoms. The maximum absolute atomic E-state index is 10.7. The van der Waals surface area contributed by atoms with E-state index < -0.39 is 11.7 Å². The third-order valence-corrected chi connectivity index (χ3v) is 3.55. The van der Waals surface area contributed by atoms with Gasteiger partial charge in [-0.1, -0.05) is 48.5 Å². The summed E-state index contributed by atoms with van der Waals surface area (Å²) in [6, 6.07) is 16.9. The Morgan fingerprint density at radius 3 is 2.53 bits per heavy atom. The summed E-state index contributed by atoms with van der Waals surface area (Å²) in [4.78, 5) is 0. The molecule has 2 atom stereocenters. The molecule has 0 spiro atoms. The van der Waals surface area contributed by atoms with E-state index >= 15 is 0 Å². The van der Waals surface area contributed by atoms with Crippen molar-refractivity contribution in [1.29, 1.82) is 0 Å². The average Bonchev–Trinajstić information content (AvgIpc) is 2.45. The summed E-state index contributed by atoms with van der Waals surface area (Å²) in [6.45, 7) is 0.0973. The van der Waals surface area contributed by atoms with Crippen molar-refractivity contribution >= 4 is 0 Å². The molecule has 0 saturated heterocycles. The van der Waals surface area contributed by atoms with Crippen LogP contribution in [0.15, 0.2) is 54.6 Å². The summed E-state index contributed by atoms with van der Waals surface area (Å²) >= 11 is 0. The predicted molar refractivity (Wildman–Crippen MR) is 72.0 cm³/mol. The number of fused-ring (bicyclic) bond motifs is 1. The van der Waals surface area contributed by atoms with Crippen LogP contribution in [0.25, 0.3) is 0 Å². The van der Waals surface area contributed by atoms with E-state index in [1.807, 2.05) is 42.5 Å². The molecule has 2 N–H and O–H groups in total. The van der Waals surface area contributed by atoms with Crippen molar-refractivity contribution < 1.29 is 14.9 Å². The molecule has 2 unspecified atom stereocenters. The standard InChI is InChI=1S/C16H16O3/c17-15-13-8-4-5-9-14(13)19-11-16(15,18)10-12-6-2-1-3-7-12/h1-9,15,17-18H,10-11H2. The van der Waals surface area contributed by atoms with Crippen LogP contribution < -0.4 is 4.74 Å². The molecule has 1 aliphatic heterocycles. The normalized spacial score (nSPS) is 25.5. The molecule has 1 heterocycles. The van der Waals surface area contributed by atoms with Crippen molar-refractivity contribution in [3.05, 3.63) is 65.7 Å². The van der Waals surface area contributed by atoms with E-state index in [4.69, 9.17) is 4.74 Å². The molecule has 3 rings (SSSR count). The quantitative estimate of drug-likeness (QED) is 0.865. The second-order valence-corrected chi connectivity index (χ2v) is 4.99. The zero-order chi connectivity index (χ0) is 13.3. The number of ether oxygens (including phenoxy) is 1. The second-order valence-electron chi connectivity index (χ2n) is 4.99. The Kier molecular flexibility index (Phi) is 3.01. The first-order valence-electron chi connectivity index (χ1n) is 6.35. The molecule has 0 bridgehead atoms. The van der Waals surface area contributed by atoms with Crippen LogP contribution in [0, 0.1) is 0 Å². The summed E-state index contributed by atoms with van der Waals surface area (Å²) in [5.74, 6) is 0.646. The molecule has 2 aromatic carbocycles. The molecule has 3 heteroatoms. The summed E-state index contributed by atoms with van der Waals surface area (Å²) in [7, 11) is 0. The first-order valence-corrected chi connectivity index (χ1v) is 6.35. The largest absolute Gasteiger partial charge is 0.490 e. The highest BCUT2D eigenvalue weighted by molar-refractivity contribution is 5.39. The first-order chi connectivity index (χ1) is 9.19. The highest BCUT2D eigenvalue weighted by Crippen LogP contribution is 2.39. The number of aliphatic hydroxyl groups excluding tert-OH is 1. The Balaban J connectivity index is 1.90. The van der Waals surface area contributed by atoms with Gasteiger partial charge in [-0.25, -0.2) is 0 Å². The van der Waals surface area contributed by atoms with Gasteiger partial charge in [-0.15, -0.1) is 0 Å². The fourth-order valence-electron chi connectivity index (χ4n) is 2.51. The van der Waals surface area contributed by atoms with Crippen LogP contribution in [0.4, 0.5) is 0 Å². The molecule has 1 aliphatic rings. The van der Waals surface area contributed by atoms with Crippen molar-refractivity contribution in [3.8, 4) is 5.75 Å². The van der Waals surface area contributed by atoms with Crippen molar-refractivity contribution in [2.75, 3.05) is 6.61 Å². The van der Waals surface area contributed by atoms with Crippen LogP contribution >= 0.6 is 0 Å². The highest BCUT2D eigenvalue weighted by atomic mass is 16.5. The molecule has 98 valence electrons. The molecule has 3 nitrogen and oxygen atoms in total. The highest BCUT2D eigenvalue weighted by Gasteiger charge is 2.42. The lowest BCUT2D eigenvalue weighted by molar-refractivity contribution is -0.114. The van der Waals surface area contributed by atoms with Gasteiger partial charge in [-0.05, 0) is 11.6 Å². The molecule has 0 amide bonds. The maximum atomic E-state index is 10.7. The lowest BCUT2D eigenvalue weighted by Gasteiger charge is -2.38. The monoisotopic (exact) mass is 256 g/mol. The summed E-state index contributed by atoms with van der Waals surface area (Å²) in [5.41, 5.74) is 0.342. The van der Waals surface area contributed by atoms with E-state index in [0.29, 0.717) is 17.7 Å². The number of hydrogen-bond donors (Lipinski definition) is 2. The topological polar surface area (TPSA) is 49.7 Å². The van der Waals surface area contributed by atoms with Crippen molar-refractivity contribution in [3.63, 3.8) is 0 Å².